The number of hydrogen-bond donors (Lipinski definition) is 3. The van der Waals surface area contributed by atoms with Crippen LogP contribution in [0.15, 0.2) is 101 Å². The molecule has 0 spiro atoms. The summed E-state index contributed by atoms with van der Waals surface area (Å²) in [6.45, 7) is 13.3. The summed E-state index contributed by atoms with van der Waals surface area (Å²) in [5, 5.41) is 3.77. The molecule has 0 aromatic heterocycles. The lowest BCUT2D eigenvalue weighted by Crippen LogP contribution is -2.50. The van der Waals surface area contributed by atoms with Gasteiger partial charge in [-0.05, 0) is 17.2 Å². The van der Waals surface area contributed by atoms with Crippen LogP contribution in [0.2, 0.25) is 0 Å². The van der Waals surface area contributed by atoms with E-state index >= 15 is 0 Å². The van der Waals surface area contributed by atoms with Crippen LogP contribution in [0.5, 0.6) is 0 Å². The average molecular weight is 492 g/mol. The Morgan fingerprint density at radius 3 is 1.89 bits per heavy atom. The Morgan fingerprint density at radius 1 is 0.649 bits per heavy atom. The highest BCUT2D eigenvalue weighted by atomic mass is 15.5. The van der Waals surface area contributed by atoms with Crippen LogP contribution in [0.4, 0.5) is 0 Å². The summed E-state index contributed by atoms with van der Waals surface area (Å²) in [6, 6.07) is 29.5. The van der Waals surface area contributed by atoms with E-state index in [0.717, 1.165) is 39.5 Å². The second-order valence-corrected chi connectivity index (χ2v) is 11.8. The van der Waals surface area contributed by atoms with Crippen LogP contribution in [-0.4, -0.2) is 11.4 Å². The molecule has 0 radical (unpaired) electrons. The van der Waals surface area contributed by atoms with Gasteiger partial charge >= 0.3 is 0 Å². The molecule has 0 saturated heterocycles. The van der Waals surface area contributed by atoms with Gasteiger partial charge in [0.25, 0.3) is 0 Å². The van der Waals surface area contributed by atoms with Crippen LogP contribution < -0.4 is 16.2 Å². The van der Waals surface area contributed by atoms with Gasteiger partial charge in [-0.2, -0.15) is 0 Å². The van der Waals surface area contributed by atoms with Crippen molar-refractivity contribution in [1.29, 1.82) is 0 Å². The van der Waals surface area contributed by atoms with Crippen LogP contribution in [-0.2, 0) is 0 Å². The fourth-order valence-electron chi connectivity index (χ4n) is 4.81. The van der Waals surface area contributed by atoms with Gasteiger partial charge in [0, 0.05) is 22.0 Å². The van der Waals surface area contributed by atoms with Crippen molar-refractivity contribution >= 4 is 17.1 Å². The van der Waals surface area contributed by atoms with Gasteiger partial charge in [0.15, 0.2) is 6.17 Å². The van der Waals surface area contributed by atoms with Gasteiger partial charge in [0.1, 0.15) is 6.17 Å². The van der Waals surface area contributed by atoms with Crippen LogP contribution >= 0.6 is 0 Å². The van der Waals surface area contributed by atoms with Gasteiger partial charge in [0.2, 0.25) is 0 Å². The molecule has 2 heterocycles. The Bertz CT molecular complexity index is 1360. The number of allylic oxidation sites excluding steroid dienone is 1. The maximum atomic E-state index is 5.14. The lowest BCUT2D eigenvalue weighted by atomic mass is 9.84. The molecule has 2 atom stereocenters. The molecule has 2 aliphatic rings. The van der Waals surface area contributed by atoms with Crippen molar-refractivity contribution < 1.29 is 0 Å². The highest BCUT2D eigenvalue weighted by Gasteiger charge is 2.33. The number of aliphatic imine (C=N–C) groups is 2. The van der Waals surface area contributed by atoms with Crippen molar-refractivity contribution in [2.75, 3.05) is 0 Å². The smallest absolute Gasteiger partial charge is 0.166 e. The third-order valence-electron chi connectivity index (χ3n) is 6.72. The summed E-state index contributed by atoms with van der Waals surface area (Å²) in [4.78, 5) is 10.2. The van der Waals surface area contributed by atoms with Gasteiger partial charge in [-0.1, -0.05) is 120 Å². The Labute approximate surface area is 220 Å². The molecule has 0 aliphatic carbocycles. The predicted molar refractivity (Wildman–Crippen MR) is 154 cm³/mol. The molecule has 0 fully saturated rings. The van der Waals surface area contributed by atoms with E-state index in [9.17, 15) is 0 Å². The molecule has 0 amide bonds. The van der Waals surface area contributed by atoms with E-state index < -0.39 is 0 Å². The summed E-state index contributed by atoms with van der Waals surface area (Å²) in [6.07, 6.45) is -0.261. The number of nitrogens with one attached hydrogen (secondary N) is 3. The first kappa shape index (κ1) is 25.0. The highest BCUT2D eigenvalue weighted by Crippen LogP contribution is 2.35. The van der Waals surface area contributed by atoms with Crippen molar-refractivity contribution in [3.63, 3.8) is 0 Å². The molecule has 190 valence electrons. The minimum absolute atomic E-state index is 0.0519. The minimum atomic E-state index is -0.209. The molecular formula is C32H37N5. The van der Waals surface area contributed by atoms with Crippen molar-refractivity contribution in [3.8, 4) is 0 Å². The molecule has 5 nitrogen and oxygen atoms in total. The second kappa shape index (κ2) is 9.64. The summed E-state index contributed by atoms with van der Waals surface area (Å²) in [7, 11) is 0. The molecule has 3 aromatic rings. The molecule has 2 unspecified atom stereocenters. The standard InChI is InChI=1S/C32H37N5/c1-31(2,3)27-25(33-29(35-27)21-14-9-7-10-15-21)23-18-13-19-24(20-23)26-28(32(4,5)6)36-37-30(34-26)22-16-11-8-12-17-22/h7-20,29-30,34,36-37H,1-6H3. The number of hydrazine groups is 1. The number of benzene rings is 3. The topological polar surface area (TPSA) is 60.8 Å². The van der Waals surface area contributed by atoms with Gasteiger partial charge in [-0.3, -0.25) is 9.98 Å². The lowest BCUT2D eigenvalue weighted by Gasteiger charge is -2.37. The zero-order valence-corrected chi connectivity index (χ0v) is 22.6. The van der Waals surface area contributed by atoms with Crippen molar-refractivity contribution in [3.05, 3.63) is 113 Å². The molecule has 37 heavy (non-hydrogen) atoms. The van der Waals surface area contributed by atoms with Crippen molar-refractivity contribution in [2.45, 2.75) is 53.9 Å². The normalized spacial score (nSPS) is 20.2. The number of rotatable bonds is 4. The van der Waals surface area contributed by atoms with E-state index in [2.05, 4.69) is 131 Å². The van der Waals surface area contributed by atoms with Crippen molar-refractivity contribution in [2.24, 2.45) is 20.8 Å². The monoisotopic (exact) mass is 491 g/mol. The quantitative estimate of drug-likeness (QED) is 0.377. The van der Waals surface area contributed by atoms with Crippen LogP contribution in [0.1, 0.15) is 76.1 Å². The first-order valence-electron chi connectivity index (χ1n) is 13.0. The van der Waals surface area contributed by atoms with Gasteiger partial charge in [0.05, 0.1) is 22.8 Å². The molecule has 5 rings (SSSR count). The second-order valence-electron chi connectivity index (χ2n) is 11.8. The predicted octanol–water partition coefficient (Wildman–Crippen LogP) is 6.79. The van der Waals surface area contributed by atoms with E-state index in [4.69, 9.17) is 9.98 Å². The Kier molecular flexibility index (Phi) is 6.50. The maximum Gasteiger partial charge on any atom is 0.166 e. The van der Waals surface area contributed by atoms with E-state index in [1.807, 2.05) is 12.1 Å². The average Bonchev–Trinajstić information content (AvgIpc) is 3.36. The SMILES string of the molecule is CC(C)(C)C1=NC(c2ccccc2)N=C1c1cccc(C2=C(C(C)(C)C)NNC(c3ccccc3)N2)c1. The zero-order chi connectivity index (χ0) is 26.2. The Balaban J connectivity index is 1.57. The molecule has 0 bridgehead atoms. The lowest BCUT2D eigenvalue weighted by molar-refractivity contribution is 0.354. The number of nitrogens with zero attached hydrogens (tertiary/aromatic N) is 2. The summed E-state index contributed by atoms with van der Waals surface area (Å²) < 4.78 is 0. The third kappa shape index (κ3) is 5.23. The molecule has 2 aliphatic heterocycles. The third-order valence-corrected chi connectivity index (χ3v) is 6.72. The molecule has 5 heteroatoms. The summed E-state index contributed by atoms with van der Waals surface area (Å²) in [5.41, 5.74) is 15.5. The van der Waals surface area contributed by atoms with Crippen LogP contribution in [0, 0.1) is 10.8 Å². The van der Waals surface area contributed by atoms with E-state index in [-0.39, 0.29) is 23.2 Å². The maximum absolute atomic E-state index is 5.14. The molecule has 3 aromatic carbocycles. The molecular weight excluding hydrogens is 454 g/mol. The Morgan fingerprint density at radius 2 is 1.27 bits per heavy atom. The van der Waals surface area contributed by atoms with Crippen LogP contribution in [0.25, 0.3) is 5.70 Å². The van der Waals surface area contributed by atoms with Crippen LogP contribution in [0.3, 0.4) is 0 Å². The van der Waals surface area contributed by atoms with E-state index in [0.29, 0.717) is 0 Å². The summed E-state index contributed by atoms with van der Waals surface area (Å²) >= 11 is 0. The fourth-order valence-corrected chi connectivity index (χ4v) is 4.81. The molecule has 3 N–H and O–H groups in total. The zero-order valence-electron chi connectivity index (χ0n) is 22.6. The minimum Gasteiger partial charge on any atom is -0.363 e. The van der Waals surface area contributed by atoms with Gasteiger partial charge in [-0.15, -0.1) is 0 Å². The van der Waals surface area contributed by atoms with E-state index in [1.54, 1.807) is 0 Å². The summed E-state index contributed by atoms with van der Waals surface area (Å²) in [5.74, 6) is 0. The van der Waals surface area contributed by atoms with Crippen molar-refractivity contribution in [1.82, 2.24) is 16.2 Å². The van der Waals surface area contributed by atoms with E-state index in [1.165, 1.54) is 5.56 Å². The van der Waals surface area contributed by atoms with Gasteiger partial charge < -0.3 is 10.7 Å². The number of hydrogen-bond acceptors (Lipinski definition) is 5. The fraction of sp³-hybridized carbons (Fsp3) is 0.312. The largest absolute Gasteiger partial charge is 0.363 e. The first-order chi connectivity index (χ1) is 17.6. The Hall–Kier alpha value is -3.70. The van der Waals surface area contributed by atoms with Gasteiger partial charge in [-0.25, -0.2) is 5.43 Å². The highest BCUT2D eigenvalue weighted by molar-refractivity contribution is 6.50. The molecule has 0 saturated carbocycles. The first-order valence-corrected chi connectivity index (χ1v) is 13.0.